The zero-order valence-electron chi connectivity index (χ0n) is 18.8. The second-order valence-corrected chi connectivity index (χ2v) is 7.32. The van der Waals surface area contributed by atoms with Crippen molar-refractivity contribution in [1.82, 2.24) is 9.55 Å². The number of nitrogens with one attached hydrogen (secondary N) is 1. The summed E-state index contributed by atoms with van der Waals surface area (Å²) < 4.78 is 30.5. The summed E-state index contributed by atoms with van der Waals surface area (Å²) in [6.45, 7) is 11.2. The summed E-state index contributed by atoms with van der Waals surface area (Å²) >= 11 is 0. The molecule has 32 heavy (non-hydrogen) atoms. The molecule has 2 aromatic carbocycles. The molecule has 3 rings (SSSR count). The summed E-state index contributed by atoms with van der Waals surface area (Å²) in [5.41, 5.74) is 4.07. The second-order valence-electron chi connectivity index (χ2n) is 7.32. The first kappa shape index (κ1) is 22.9. The Bertz CT molecular complexity index is 1210. The van der Waals surface area contributed by atoms with Crippen molar-refractivity contribution < 1.29 is 8.78 Å². The highest BCUT2D eigenvalue weighted by molar-refractivity contribution is 5.85. The summed E-state index contributed by atoms with van der Waals surface area (Å²) in [6.07, 6.45) is 3.99. The fourth-order valence-corrected chi connectivity index (χ4v) is 3.43. The standard InChI is InChI=1S/C27H27F2N3/c1-6-22(28)17-23(29)19(4)26-27(31-24-16-12-11-13-18(24)3)32(20(5)30-26)25(7-2)21-14-9-8-10-15-21/h6-17,31H,4H2,1-3,5H3/b22-6+,23-17+,25-7-. The van der Waals surface area contributed by atoms with Crippen LogP contribution in [0.4, 0.5) is 20.3 Å². The van der Waals surface area contributed by atoms with Crippen LogP contribution in [0.2, 0.25) is 0 Å². The minimum atomic E-state index is -0.778. The van der Waals surface area contributed by atoms with Gasteiger partial charge in [-0.15, -0.1) is 0 Å². The molecule has 0 aliphatic rings. The van der Waals surface area contributed by atoms with Crippen LogP contribution in [0.1, 0.15) is 36.5 Å². The van der Waals surface area contributed by atoms with E-state index in [1.165, 1.54) is 13.0 Å². The molecule has 1 heterocycles. The van der Waals surface area contributed by atoms with Gasteiger partial charge in [-0.3, -0.25) is 4.57 Å². The molecule has 0 fully saturated rings. The lowest BCUT2D eigenvalue weighted by Crippen LogP contribution is -2.07. The average Bonchev–Trinajstić information content (AvgIpc) is 3.11. The van der Waals surface area contributed by atoms with Gasteiger partial charge < -0.3 is 5.32 Å². The Morgan fingerprint density at radius 1 is 0.969 bits per heavy atom. The highest BCUT2D eigenvalue weighted by atomic mass is 19.1. The largest absolute Gasteiger partial charge is 0.339 e. The molecule has 0 unspecified atom stereocenters. The van der Waals surface area contributed by atoms with E-state index in [1.807, 2.05) is 86.0 Å². The fraction of sp³-hybridized carbons (Fsp3) is 0.148. The number of imidazole rings is 1. The number of rotatable bonds is 7. The predicted molar refractivity (Wildman–Crippen MR) is 130 cm³/mol. The number of hydrogen-bond donors (Lipinski definition) is 1. The van der Waals surface area contributed by atoms with Crippen LogP contribution in [0.15, 0.2) is 91.1 Å². The fourth-order valence-electron chi connectivity index (χ4n) is 3.43. The van der Waals surface area contributed by atoms with Crippen molar-refractivity contribution in [3.05, 3.63) is 114 Å². The first-order chi connectivity index (χ1) is 15.4. The molecule has 0 radical (unpaired) electrons. The van der Waals surface area contributed by atoms with Gasteiger partial charge in [-0.05, 0) is 44.9 Å². The summed E-state index contributed by atoms with van der Waals surface area (Å²) in [5.74, 6) is -0.247. The first-order valence-electron chi connectivity index (χ1n) is 10.4. The number of halogens is 2. The van der Waals surface area contributed by atoms with E-state index in [4.69, 9.17) is 0 Å². The molecule has 3 aromatic rings. The topological polar surface area (TPSA) is 29.9 Å². The molecule has 0 aliphatic carbocycles. The number of anilines is 2. The lowest BCUT2D eigenvalue weighted by atomic mass is 10.1. The maximum absolute atomic E-state index is 14.9. The normalized spacial score (nSPS) is 12.8. The van der Waals surface area contributed by atoms with E-state index < -0.39 is 11.7 Å². The van der Waals surface area contributed by atoms with Crippen molar-refractivity contribution in [3.8, 4) is 0 Å². The smallest absolute Gasteiger partial charge is 0.143 e. The number of aromatic nitrogens is 2. The van der Waals surface area contributed by atoms with Crippen molar-refractivity contribution in [2.45, 2.75) is 27.7 Å². The van der Waals surface area contributed by atoms with Gasteiger partial charge in [0.25, 0.3) is 0 Å². The molecular formula is C27H27F2N3. The lowest BCUT2D eigenvalue weighted by Gasteiger charge is -2.18. The van der Waals surface area contributed by atoms with Crippen LogP contribution in [0, 0.1) is 13.8 Å². The zero-order valence-corrected chi connectivity index (χ0v) is 18.8. The monoisotopic (exact) mass is 431 g/mol. The number of allylic oxidation sites excluding steroid dienone is 6. The van der Waals surface area contributed by atoms with Crippen molar-refractivity contribution >= 4 is 22.8 Å². The molecule has 3 nitrogen and oxygen atoms in total. The van der Waals surface area contributed by atoms with E-state index in [0.29, 0.717) is 17.3 Å². The summed E-state index contributed by atoms with van der Waals surface area (Å²) in [4.78, 5) is 4.62. The van der Waals surface area contributed by atoms with Crippen LogP contribution in [0.25, 0.3) is 11.3 Å². The van der Waals surface area contributed by atoms with Crippen LogP contribution < -0.4 is 5.32 Å². The Kier molecular flexibility index (Phi) is 7.21. The van der Waals surface area contributed by atoms with Gasteiger partial charge in [0.05, 0.1) is 5.70 Å². The first-order valence-corrected chi connectivity index (χ1v) is 10.4. The van der Waals surface area contributed by atoms with Gasteiger partial charge in [-0.1, -0.05) is 67.3 Å². The van der Waals surface area contributed by atoms with Crippen LogP contribution >= 0.6 is 0 Å². The molecule has 0 aliphatic heterocycles. The molecule has 0 spiro atoms. The number of aryl methyl sites for hydroxylation is 2. The van der Waals surface area contributed by atoms with Crippen molar-refractivity contribution in [1.29, 1.82) is 0 Å². The lowest BCUT2D eigenvalue weighted by molar-refractivity contribution is 0.633. The maximum Gasteiger partial charge on any atom is 0.143 e. The van der Waals surface area contributed by atoms with Crippen molar-refractivity contribution in [2.75, 3.05) is 5.32 Å². The highest BCUT2D eigenvalue weighted by Crippen LogP contribution is 2.36. The third kappa shape index (κ3) is 4.78. The molecule has 0 saturated carbocycles. The minimum absolute atomic E-state index is 0.00319. The minimum Gasteiger partial charge on any atom is -0.339 e. The van der Waals surface area contributed by atoms with Gasteiger partial charge in [0.2, 0.25) is 0 Å². The Hall–Kier alpha value is -3.73. The van der Waals surface area contributed by atoms with Gasteiger partial charge in [0.15, 0.2) is 0 Å². The third-order valence-electron chi connectivity index (χ3n) is 5.14. The van der Waals surface area contributed by atoms with E-state index in [9.17, 15) is 8.78 Å². The number of hydrogen-bond acceptors (Lipinski definition) is 2. The maximum atomic E-state index is 14.9. The SMILES string of the molecule is C=C(/C(F)=C\C(F)=C/C)c1nc(C)n(/C(=C\C)c2ccccc2)c1Nc1ccccc1C. The Morgan fingerprint density at radius 3 is 2.25 bits per heavy atom. The van der Waals surface area contributed by atoms with Gasteiger partial charge in [-0.2, -0.15) is 0 Å². The summed E-state index contributed by atoms with van der Waals surface area (Å²) in [7, 11) is 0. The average molecular weight is 432 g/mol. The zero-order chi connectivity index (χ0) is 23.3. The molecule has 0 saturated heterocycles. The molecule has 164 valence electrons. The van der Waals surface area contributed by atoms with E-state index in [-0.39, 0.29) is 5.57 Å². The number of nitrogens with zero attached hydrogens (tertiary/aromatic N) is 2. The van der Waals surface area contributed by atoms with Crippen molar-refractivity contribution in [2.24, 2.45) is 0 Å². The molecule has 0 amide bonds. The molecule has 1 N–H and O–H groups in total. The van der Waals surface area contributed by atoms with E-state index in [1.54, 1.807) is 0 Å². The molecule has 0 bridgehead atoms. The van der Waals surface area contributed by atoms with Crippen LogP contribution in [-0.4, -0.2) is 9.55 Å². The van der Waals surface area contributed by atoms with Gasteiger partial charge in [0.1, 0.15) is 29.0 Å². The third-order valence-corrected chi connectivity index (χ3v) is 5.14. The Morgan fingerprint density at radius 2 is 1.62 bits per heavy atom. The Balaban J connectivity index is 2.22. The van der Waals surface area contributed by atoms with E-state index in [0.717, 1.165) is 28.6 Å². The predicted octanol–water partition coefficient (Wildman–Crippen LogP) is 7.89. The van der Waals surface area contributed by atoms with Gasteiger partial charge >= 0.3 is 0 Å². The van der Waals surface area contributed by atoms with Crippen LogP contribution in [-0.2, 0) is 0 Å². The van der Waals surface area contributed by atoms with E-state index >= 15 is 0 Å². The molecule has 1 aromatic heterocycles. The van der Waals surface area contributed by atoms with Crippen LogP contribution in [0.3, 0.4) is 0 Å². The van der Waals surface area contributed by atoms with Crippen molar-refractivity contribution in [3.63, 3.8) is 0 Å². The van der Waals surface area contributed by atoms with E-state index in [2.05, 4.69) is 16.9 Å². The second kappa shape index (κ2) is 10.1. The quantitative estimate of drug-likeness (QED) is 0.385. The van der Waals surface area contributed by atoms with Gasteiger partial charge in [0, 0.05) is 17.3 Å². The molecule has 0 atom stereocenters. The molecular weight excluding hydrogens is 404 g/mol. The Labute approximate surface area is 188 Å². The van der Waals surface area contributed by atoms with Crippen LogP contribution in [0.5, 0.6) is 0 Å². The highest BCUT2D eigenvalue weighted by Gasteiger charge is 2.23. The summed E-state index contributed by atoms with van der Waals surface area (Å²) in [5, 5.41) is 3.41. The number of para-hydroxylation sites is 1. The molecule has 5 heteroatoms. The summed E-state index contributed by atoms with van der Waals surface area (Å²) in [6, 6.07) is 17.7. The number of benzene rings is 2. The van der Waals surface area contributed by atoms with Gasteiger partial charge in [-0.25, -0.2) is 13.8 Å².